The molecule has 13 heteroatoms. The first-order valence-corrected chi connectivity index (χ1v) is 4.86. The van der Waals surface area contributed by atoms with E-state index in [0.29, 0.717) is 0 Å². The van der Waals surface area contributed by atoms with Crippen molar-refractivity contribution in [1.82, 2.24) is 0 Å². The number of halogens is 12. The van der Waals surface area contributed by atoms with Crippen LogP contribution in [0.2, 0.25) is 0 Å². The fourth-order valence-electron chi connectivity index (χ4n) is 1.57. The minimum absolute atomic E-state index is 2.47. The van der Waals surface area contributed by atoms with E-state index in [2.05, 4.69) is 4.74 Å². The second-order valence-corrected chi connectivity index (χ2v) is 4.18. The standard InChI is InChI=1S/C8H4F12O/c9-2-1-4(10,11)8(19,20)5(2,12)21-3(6(13,14)15)7(16,17)18/h2-3H,1H2. The van der Waals surface area contributed by atoms with Gasteiger partial charge in [-0.3, -0.25) is 0 Å². The summed E-state index contributed by atoms with van der Waals surface area (Å²) in [6, 6.07) is 0. The molecule has 1 nitrogen and oxygen atoms in total. The number of alkyl halides is 12. The van der Waals surface area contributed by atoms with Crippen molar-refractivity contribution in [3.8, 4) is 0 Å². The predicted octanol–water partition coefficient (Wildman–Crippen LogP) is 4.17. The molecule has 0 amide bonds. The lowest BCUT2D eigenvalue weighted by Gasteiger charge is -2.34. The molecule has 0 radical (unpaired) electrons. The monoisotopic (exact) mass is 344 g/mol. The third-order valence-electron chi connectivity index (χ3n) is 2.61. The van der Waals surface area contributed by atoms with Gasteiger partial charge in [0.25, 0.3) is 6.10 Å². The van der Waals surface area contributed by atoms with Crippen LogP contribution >= 0.6 is 0 Å². The maximum Gasteiger partial charge on any atom is 0.423 e. The minimum Gasteiger partial charge on any atom is -0.317 e. The van der Waals surface area contributed by atoms with Crippen LogP contribution in [0.15, 0.2) is 0 Å². The first-order valence-electron chi connectivity index (χ1n) is 4.86. The van der Waals surface area contributed by atoms with E-state index in [1.165, 1.54) is 0 Å². The van der Waals surface area contributed by atoms with Crippen LogP contribution in [0.5, 0.6) is 0 Å². The topological polar surface area (TPSA) is 9.23 Å². The van der Waals surface area contributed by atoms with Gasteiger partial charge in [-0.1, -0.05) is 0 Å². The lowest BCUT2D eigenvalue weighted by molar-refractivity contribution is -0.405. The second kappa shape index (κ2) is 4.56. The molecule has 0 aliphatic heterocycles. The second-order valence-electron chi connectivity index (χ2n) is 4.18. The molecule has 1 aliphatic carbocycles. The molecular formula is C8H4F12O. The summed E-state index contributed by atoms with van der Waals surface area (Å²) in [5, 5.41) is 0. The lowest BCUT2D eigenvalue weighted by atomic mass is 10.1. The van der Waals surface area contributed by atoms with E-state index in [0.717, 1.165) is 0 Å². The Morgan fingerprint density at radius 3 is 1.48 bits per heavy atom. The molecule has 0 aromatic rings. The zero-order valence-corrected chi connectivity index (χ0v) is 9.31. The highest BCUT2D eigenvalue weighted by Crippen LogP contribution is 2.58. The van der Waals surface area contributed by atoms with Crippen LogP contribution in [0.3, 0.4) is 0 Å². The number of hydrogen-bond acceptors (Lipinski definition) is 1. The summed E-state index contributed by atoms with van der Waals surface area (Å²) in [6.07, 6.45) is -24.8. The number of rotatable bonds is 2. The molecule has 2 atom stereocenters. The summed E-state index contributed by atoms with van der Waals surface area (Å²) in [6.45, 7) is 0. The van der Waals surface area contributed by atoms with Crippen molar-refractivity contribution in [1.29, 1.82) is 0 Å². The highest BCUT2D eigenvalue weighted by atomic mass is 19.4. The van der Waals surface area contributed by atoms with Crippen LogP contribution in [0, 0.1) is 0 Å². The van der Waals surface area contributed by atoms with Crippen LogP contribution in [0.1, 0.15) is 6.42 Å². The number of hydrogen-bond donors (Lipinski definition) is 0. The molecule has 0 aromatic carbocycles. The molecule has 1 aliphatic rings. The van der Waals surface area contributed by atoms with Crippen molar-refractivity contribution < 1.29 is 57.4 Å². The van der Waals surface area contributed by atoms with Crippen molar-refractivity contribution >= 4 is 0 Å². The largest absolute Gasteiger partial charge is 0.423 e. The maximum atomic E-state index is 13.5. The Bertz CT molecular complexity index is 383. The van der Waals surface area contributed by atoms with E-state index in [4.69, 9.17) is 0 Å². The summed E-state index contributed by atoms with van der Waals surface area (Å²) in [7, 11) is 0. The molecule has 0 spiro atoms. The third-order valence-corrected chi connectivity index (χ3v) is 2.61. The van der Waals surface area contributed by atoms with E-state index in [-0.39, 0.29) is 0 Å². The summed E-state index contributed by atoms with van der Waals surface area (Å²) in [4.78, 5) is 0. The fourth-order valence-corrected chi connectivity index (χ4v) is 1.57. The van der Waals surface area contributed by atoms with E-state index in [1.54, 1.807) is 0 Å². The van der Waals surface area contributed by atoms with Crippen molar-refractivity contribution in [3.63, 3.8) is 0 Å². The van der Waals surface area contributed by atoms with E-state index >= 15 is 0 Å². The predicted molar refractivity (Wildman–Crippen MR) is 40.2 cm³/mol. The first-order chi connectivity index (χ1) is 8.97. The quantitative estimate of drug-likeness (QED) is 0.683. The van der Waals surface area contributed by atoms with Crippen LogP contribution < -0.4 is 0 Å². The van der Waals surface area contributed by atoms with Gasteiger partial charge in [0.1, 0.15) is 0 Å². The van der Waals surface area contributed by atoms with Gasteiger partial charge in [0.05, 0.1) is 6.42 Å². The molecule has 1 rings (SSSR count). The molecule has 126 valence electrons. The SMILES string of the molecule is FC1CC(F)(F)C(F)(F)C1(F)OC(C(F)(F)F)C(F)(F)F. The average molecular weight is 344 g/mol. The van der Waals surface area contributed by atoms with Gasteiger partial charge in [-0.2, -0.15) is 43.9 Å². The highest BCUT2D eigenvalue weighted by Gasteiger charge is 2.83. The van der Waals surface area contributed by atoms with E-state index in [9.17, 15) is 52.7 Å². The minimum atomic E-state index is -6.47. The normalized spacial score (nSPS) is 32.7. The third kappa shape index (κ3) is 2.75. The summed E-state index contributed by atoms with van der Waals surface area (Å²) in [5.74, 6) is -17.5. The molecule has 0 saturated heterocycles. The summed E-state index contributed by atoms with van der Waals surface area (Å²) < 4.78 is 152. The Labute approximate surface area is 107 Å². The summed E-state index contributed by atoms with van der Waals surface area (Å²) in [5.41, 5.74) is 0. The van der Waals surface area contributed by atoms with Gasteiger partial charge >= 0.3 is 30.1 Å². The van der Waals surface area contributed by atoms with E-state index < -0.39 is 48.7 Å². The summed E-state index contributed by atoms with van der Waals surface area (Å²) >= 11 is 0. The van der Waals surface area contributed by atoms with Gasteiger partial charge < -0.3 is 4.74 Å². The van der Waals surface area contributed by atoms with Crippen molar-refractivity contribution in [3.05, 3.63) is 0 Å². The van der Waals surface area contributed by atoms with Gasteiger partial charge in [-0.25, -0.2) is 8.78 Å². The Kier molecular flexibility index (Phi) is 3.94. The number of ether oxygens (including phenoxy) is 1. The Morgan fingerprint density at radius 1 is 0.857 bits per heavy atom. The molecule has 0 heterocycles. The van der Waals surface area contributed by atoms with E-state index in [1.807, 2.05) is 0 Å². The molecule has 1 saturated carbocycles. The molecular weight excluding hydrogens is 340 g/mol. The highest BCUT2D eigenvalue weighted by molar-refractivity contribution is 5.10. The molecule has 0 N–H and O–H groups in total. The van der Waals surface area contributed by atoms with Gasteiger partial charge in [0.15, 0.2) is 6.17 Å². The molecule has 0 bridgehead atoms. The zero-order valence-electron chi connectivity index (χ0n) is 9.31. The Balaban J connectivity index is 3.25. The fraction of sp³-hybridized carbons (Fsp3) is 1.00. The first kappa shape index (κ1) is 18.2. The van der Waals surface area contributed by atoms with Gasteiger partial charge in [0.2, 0.25) is 0 Å². The van der Waals surface area contributed by atoms with Crippen LogP contribution in [0.4, 0.5) is 52.7 Å². The van der Waals surface area contributed by atoms with Crippen LogP contribution in [-0.2, 0) is 4.74 Å². The van der Waals surface area contributed by atoms with Gasteiger partial charge in [0, 0.05) is 0 Å². The Hall–Kier alpha value is -0.880. The Morgan fingerprint density at radius 2 is 1.24 bits per heavy atom. The molecule has 21 heavy (non-hydrogen) atoms. The zero-order chi connectivity index (χ0) is 17.1. The average Bonchev–Trinajstić information content (AvgIpc) is 2.30. The lowest BCUT2D eigenvalue weighted by Crippen LogP contribution is -2.59. The molecule has 0 aromatic heterocycles. The van der Waals surface area contributed by atoms with Crippen LogP contribution in [0.25, 0.3) is 0 Å². The maximum absolute atomic E-state index is 13.5. The van der Waals surface area contributed by atoms with Crippen molar-refractivity contribution in [2.45, 2.75) is 48.7 Å². The smallest absolute Gasteiger partial charge is 0.317 e. The molecule has 1 fully saturated rings. The van der Waals surface area contributed by atoms with Crippen LogP contribution in [-0.4, -0.2) is 42.3 Å². The van der Waals surface area contributed by atoms with Gasteiger partial charge in [-0.05, 0) is 0 Å². The van der Waals surface area contributed by atoms with Gasteiger partial charge in [-0.15, -0.1) is 0 Å². The molecule has 2 unspecified atom stereocenters. The van der Waals surface area contributed by atoms with Crippen molar-refractivity contribution in [2.75, 3.05) is 0 Å². The van der Waals surface area contributed by atoms with Crippen molar-refractivity contribution in [2.24, 2.45) is 0 Å².